The number of hydrogen-bond donors (Lipinski definition) is 3. The number of hydrogen-bond acceptors (Lipinski definition) is 9. The molecule has 0 aliphatic rings. The van der Waals surface area contributed by atoms with Crippen molar-refractivity contribution in [3.05, 3.63) is 40.9 Å². The van der Waals surface area contributed by atoms with Gasteiger partial charge in [0.05, 0.1) is 38.4 Å². The van der Waals surface area contributed by atoms with E-state index in [1.54, 1.807) is 30.1 Å². The number of aliphatic hydroxyl groups is 1. The smallest absolute Gasteiger partial charge is 0.293 e. The van der Waals surface area contributed by atoms with Crippen LogP contribution in [-0.2, 0) is 16.1 Å². The fourth-order valence-electron chi connectivity index (χ4n) is 3.41. The zero-order valence-electron chi connectivity index (χ0n) is 20.3. The normalized spacial score (nSPS) is 11.9. The Balaban J connectivity index is 1.93. The number of aliphatic hydroxyl groups excluding tert-OH is 1. The predicted molar refractivity (Wildman–Crippen MR) is 132 cm³/mol. The molecule has 3 aromatic heterocycles. The molecule has 0 unspecified atom stereocenters. The molecule has 0 saturated heterocycles. The number of ether oxygens (including phenoxy) is 2. The molecule has 35 heavy (non-hydrogen) atoms. The van der Waals surface area contributed by atoms with Crippen LogP contribution < -0.4 is 20.9 Å². The van der Waals surface area contributed by atoms with E-state index in [9.17, 15) is 14.7 Å². The Hall–Kier alpha value is -3.57. The van der Waals surface area contributed by atoms with E-state index in [2.05, 4.69) is 25.6 Å². The van der Waals surface area contributed by atoms with Crippen LogP contribution in [0.25, 0.3) is 22.3 Å². The van der Waals surface area contributed by atoms with E-state index in [-0.39, 0.29) is 36.5 Å². The third-order valence-electron chi connectivity index (χ3n) is 5.38. The highest BCUT2D eigenvalue weighted by molar-refractivity contribution is 5.82. The van der Waals surface area contributed by atoms with Crippen molar-refractivity contribution in [2.24, 2.45) is 0 Å². The van der Waals surface area contributed by atoms with E-state index in [4.69, 9.17) is 9.47 Å². The summed E-state index contributed by atoms with van der Waals surface area (Å²) in [5.74, 6) is 0.171. The minimum atomic E-state index is -0.383. The molecule has 11 nitrogen and oxygen atoms in total. The Kier molecular flexibility index (Phi) is 9.50. The second-order valence-electron chi connectivity index (χ2n) is 7.89. The molecule has 0 fully saturated rings. The summed E-state index contributed by atoms with van der Waals surface area (Å²) in [6.45, 7) is 4.79. The van der Waals surface area contributed by atoms with E-state index in [1.165, 1.54) is 0 Å². The van der Waals surface area contributed by atoms with Crippen LogP contribution in [0.5, 0.6) is 5.88 Å². The highest BCUT2D eigenvalue weighted by Crippen LogP contribution is 2.23. The average Bonchev–Trinajstić information content (AvgIpc) is 2.89. The van der Waals surface area contributed by atoms with Crippen molar-refractivity contribution >= 4 is 22.9 Å². The summed E-state index contributed by atoms with van der Waals surface area (Å²) in [5.41, 5.74) is 2.10. The van der Waals surface area contributed by atoms with Crippen LogP contribution in [-0.4, -0.2) is 70.0 Å². The minimum absolute atomic E-state index is 0.0200. The predicted octanol–water partition coefficient (Wildman–Crippen LogP) is 1.59. The van der Waals surface area contributed by atoms with Crippen LogP contribution in [0.15, 0.2) is 35.4 Å². The van der Waals surface area contributed by atoms with E-state index in [1.807, 2.05) is 26.0 Å². The second-order valence-corrected chi connectivity index (χ2v) is 7.89. The SMILES string of the molecule is CCCOCCn1c(=O)c(NCC(=O)N[C@@H](CC)CO)nc2ncc(-c3ccc(OC)nc3)cc21. The molecule has 0 aliphatic carbocycles. The van der Waals surface area contributed by atoms with Gasteiger partial charge in [0, 0.05) is 42.7 Å². The Labute approximate surface area is 203 Å². The van der Waals surface area contributed by atoms with Crippen molar-refractivity contribution in [1.82, 2.24) is 24.8 Å². The highest BCUT2D eigenvalue weighted by Gasteiger charge is 2.15. The fourth-order valence-corrected chi connectivity index (χ4v) is 3.41. The van der Waals surface area contributed by atoms with Crippen molar-refractivity contribution in [2.45, 2.75) is 39.3 Å². The van der Waals surface area contributed by atoms with Gasteiger partial charge >= 0.3 is 0 Å². The molecule has 0 bridgehead atoms. The number of rotatable bonds is 13. The second kappa shape index (κ2) is 12.8. The molecule has 1 atom stereocenters. The number of carbonyl (C=O) groups excluding carboxylic acids is 1. The molecule has 188 valence electrons. The number of anilines is 1. The molecule has 3 rings (SSSR count). The van der Waals surface area contributed by atoms with Gasteiger partial charge in [-0.2, -0.15) is 0 Å². The lowest BCUT2D eigenvalue weighted by atomic mass is 10.1. The lowest BCUT2D eigenvalue weighted by Crippen LogP contribution is -2.41. The zero-order valence-corrected chi connectivity index (χ0v) is 20.3. The van der Waals surface area contributed by atoms with Gasteiger partial charge in [0.25, 0.3) is 5.56 Å². The van der Waals surface area contributed by atoms with Gasteiger partial charge in [-0.05, 0) is 25.0 Å². The van der Waals surface area contributed by atoms with Gasteiger partial charge < -0.3 is 25.2 Å². The van der Waals surface area contributed by atoms with E-state index < -0.39 is 0 Å². The van der Waals surface area contributed by atoms with Crippen molar-refractivity contribution in [3.8, 4) is 17.0 Å². The van der Waals surface area contributed by atoms with Crippen molar-refractivity contribution < 1.29 is 19.4 Å². The molecule has 3 aromatic rings. The van der Waals surface area contributed by atoms with Crippen LogP contribution in [0, 0.1) is 0 Å². The van der Waals surface area contributed by atoms with Gasteiger partial charge in [0.2, 0.25) is 11.8 Å². The monoisotopic (exact) mass is 484 g/mol. The van der Waals surface area contributed by atoms with Gasteiger partial charge in [0.15, 0.2) is 11.5 Å². The van der Waals surface area contributed by atoms with Gasteiger partial charge in [-0.1, -0.05) is 13.8 Å². The molecule has 3 heterocycles. The molecular formula is C24H32N6O5. The zero-order chi connectivity index (χ0) is 25.2. The van der Waals surface area contributed by atoms with Crippen molar-refractivity contribution in [1.29, 1.82) is 0 Å². The van der Waals surface area contributed by atoms with Crippen LogP contribution in [0.4, 0.5) is 5.82 Å². The fraction of sp³-hybridized carbons (Fsp3) is 0.458. The summed E-state index contributed by atoms with van der Waals surface area (Å²) in [5, 5.41) is 14.8. The lowest BCUT2D eigenvalue weighted by Gasteiger charge is -2.16. The molecule has 0 aliphatic heterocycles. The van der Waals surface area contributed by atoms with Crippen LogP contribution in [0.2, 0.25) is 0 Å². The molecule has 3 N–H and O–H groups in total. The van der Waals surface area contributed by atoms with E-state index in [0.717, 1.165) is 17.5 Å². The summed E-state index contributed by atoms with van der Waals surface area (Å²) in [4.78, 5) is 38.6. The molecular weight excluding hydrogens is 452 g/mol. The molecule has 0 aromatic carbocycles. The first-order valence-electron chi connectivity index (χ1n) is 11.6. The maximum absolute atomic E-state index is 13.3. The molecule has 0 radical (unpaired) electrons. The standard InChI is InChI=1S/C24H32N6O5/c1-4-9-35-10-8-30-19-11-17(16-6-7-21(34-3)25-12-16)13-26-22(19)29-23(24(30)33)27-14-20(32)28-18(5-2)15-31/h6-7,11-13,18,31H,4-5,8-10,14-15H2,1-3H3,(H,28,32)(H,26,27,29)/t18-/m0/s1. The number of nitrogens with zero attached hydrogens (tertiary/aromatic N) is 4. The first-order valence-corrected chi connectivity index (χ1v) is 11.6. The molecule has 0 saturated carbocycles. The van der Waals surface area contributed by atoms with Gasteiger partial charge in [-0.3, -0.25) is 14.2 Å². The first kappa shape index (κ1) is 26.0. The Morgan fingerprint density at radius 3 is 2.63 bits per heavy atom. The quantitative estimate of drug-likeness (QED) is 0.308. The maximum atomic E-state index is 13.3. The number of methoxy groups -OCH3 is 1. The summed E-state index contributed by atoms with van der Waals surface area (Å²) in [6, 6.07) is 5.11. The number of aromatic nitrogens is 4. The number of pyridine rings is 2. The third kappa shape index (κ3) is 6.74. The largest absolute Gasteiger partial charge is 0.481 e. The number of amides is 1. The first-order chi connectivity index (χ1) is 17.0. The van der Waals surface area contributed by atoms with Gasteiger partial charge in [-0.25, -0.2) is 15.0 Å². The summed E-state index contributed by atoms with van der Waals surface area (Å²) in [7, 11) is 1.55. The summed E-state index contributed by atoms with van der Waals surface area (Å²) >= 11 is 0. The number of carbonyl (C=O) groups is 1. The minimum Gasteiger partial charge on any atom is -0.481 e. The van der Waals surface area contributed by atoms with Crippen LogP contribution in [0.1, 0.15) is 26.7 Å². The van der Waals surface area contributed by atoms with E-state index in [0.29, 0.717) is 43.2 Å². The third-order valence-corrected chi connectivity index (χ3v) is 5.38. The lowest BCUT2D eigenvalue weighted by molar-refractivity contribution is -0.120. The van der Waals surface area contributed by atoms with Gasteiger partial charge in [0.1, 0.15) is 0 Å². The number of fused-ring (bicyclic) bond motifs is 1. The summed E-state index contributed by atoms with van der Waals surface area (Å²) < 4.78 is 12.3. The average molecular weight is 485 g/mol. The highest BCUT2D eigenvalue weighted by atomic mass is 16.5. The Bertz CT molecular complexity index is 1180. The topological polar surface area (TPSA) is 140 Å². The molecule has 11 heteroatoms. The molecule has 1 amide bonds. The Morgan fingerprint density at radius 1 is 1.17 bits per heavy atom. The maximum Gasteiger partial charge on any atom is 0.293 e. The van der Waals surface area contributed by atoms with Crippen LogP contribution in [0.3, 0.4) is 0 Å². The number of nitrogens with one attached hydrogen (secondary N) is 2. The van der Waals surface area contributed by atoms with Crippen molar-refractivity contribution in [2.75, 3.05) is 38.8 Å². The van der Waals surface area contributed by atoms with E-state index >= 15 is 0 Å². The van der Waals surface area contributed by atoms with Gasteiger partial charge in [-0.15, -0.1) is 0 Å². The Morgan fingerprint density at radius 2 is 1.97 bits per heavy atom. The summed E-state index contributed by atoms with van der Waals surface area (Å²) in [6.07, 6.45) is 4.80. The molecule has 0 spiro atoms. The van der Waals surface area contributed by atoms with Crippen molar-refractivity contribution in [3.63, 3.8) is 0 Å². The van der Waals surface area contributed by atoms with Crippen LogP contribution >= 0.6 is 0 Å².